The lowest BCUT2D eigenvalue weighted by molar-refractivity contribution is -0.115. The molecule has 0 aliphatic carbocycles. The van der Waals surface area contributed by atoms with E-state index in [1.54, 1.807) is 95.5 Å². The highest BCUT2D eigenvalue weighted by molar-refractivity contribution is 6.06. The normalized spacial score (nSPS) is 11.0. The summed E-state index contributed by atoms with van der Waals surface area (Å²) in [7, 11) is 6.85. The molecule has 4 heterocycles. The minimum Gasteiger partial charge on any atom is -0.351 e. The monoisotopic (exact) mass is 760 g/mol. The van der Waals surface area contributed by atoms with Gasteiger partial charge in [-0.15, -0.1) is 0 Å². The van der Waals surface area contributed by atoms with Gasteiger partial charge in [0.15, 0.2) is 0 Å². The molecule has 0 atom stereocenters. The van der Waals surface area contributed by atoms with E-state index in [4.69, 9.17) is 5.73 Å². The van der Waals surface area contributed by atoms with Crippen LogP contribution >= 0.6 is 0 Å². The van der Waals surface area contributed by atoms with Crippen LogP contribution in [-0.4, -0.2) is 97.9 Å². The van der Waals surface area contributed by atoms with Crippen molar-refractivity contribution in [3.05, 3.63) is 71.8 Å². The molecule has 0 saturated heterocycles. The fraction of sp³-hybridized carbons (Fsp3) is 0.405. The number of nitrogens with one attached hydrogen (secondary N) is 6. The Morgan fingerprint density at radius 1 is 0.509 bits per heavy atom. The molecule has 55 heavy (non-hydrogen) atoms. The minimum atomic E-state index is -0.381. The van der Waals surface area contributed by atoms with Gasteiger partial charge in [-0.3, -0.25) is 28.8 Å². The van der Waals surface area contributed by atoms with Crippen molar-refractivity contribution in [1.29, 1.82) is 0 Å². The van der Waals surface area contributed by atoms with Crippen molar-refractivity contribution in [3.8, 4) is 0 Å². The summed E-state index contributed by atoms with van der Waals surface area (Å²) in [6, 6.07) is 6.36. The second-order valence-corrected chi connectivity index (χ2v) is 13.4. The molecule has 0 aromatic carbocycles. The van der Waals surface area contributed by atoms with Gasteiger partial charge in [-0.2, -0.15) is 0 Å². The van der Waals surface area contributed by atoms with Crippen LogP contribution in [0.1, 0.15) is 75.1 Å². The lowest BCUT2D eigenvalue weighted by Crippen LogP contribution is -2.34. The van der Waals surface area contributed by atoms with E-state index in [2.05, 4.69) is 36.8 Å². The third-order valence-corrected chi connectivity index (χ3v) is 8.66. The van der Waals surface area contributed by atoms with Crippen LogP contribution in [0.25, 0.3) is 0 Å². The fourth-order valence-corrected chi connectivity index (χ4v) is 6.07. The van der Waals surface area contributed by atoms with E-state index in [-0.39, 0.29) is 35.4 Å². The van der Waals surface area contributed by atoms with Gasteiger partial charge in [0.25, 0.3) is 23.6 Å². The first-order chi connectivity index (χ1) is 26.1. The Bertz CT molecular complexity index is 1880. The number of amides is 6. The van der Waals surface area contributed by atoms with Crippen molar-refractivity contribution in [2.24, 2.45) is 33.9 Å². The lowest BCUT2D eigenvalue weighted by atomic mass is 10.2. The molecule has 0 radical (unpaired) electrons. The Morgan fingerprint density at radius 3 is 1.15 bits per heavy atom. The van der Waals surface area contributed by atoms with E-state index >= 15 is 0 Å². The first-order valence-electron chi connectivity index (χ1n) is 18.0. The van der Waals surface area contributed by atoms with Crippen LogP contribution in [0.3, 0.4) is 0 Å². The van der Waals surface area contributed by atoms with Gasteiger partial charge in [0.2, 0.25) is 11.8 Å². The number of hydrogen-bond donors (Lipinski definition) is 7. The zero-order valence-corrected chi connectivity index (χ0v) is 32.2. The highest BCUT2D eigenvalue weighted by atomic mass is 16.2. The van der Waals surface area contributed by atoms with Crippen LogP contribution < -0.4 is 37.6 Å². The Hall–Kier alpha value is -6.14. The van der Waals surface area contributed by atoms with Gasteiger partial charge in [-0.1, -0.05) is 0 Å². The van der Waals surface area contributed by atoms with Crippen LogP contribution in [-0.2, 0) is 37.8 Å². The molecule has 0 spiro atoms. The third-order valence-electron chi connectivity index (χ3n) is 8.66. The first-order valence-corrected chi connectivity index (χ1v) is 18.0. The highest BCUT2D eigenvalue weighted by Crippen LogP contribution is 2.19. The average molecular weight is 761 g/mol. The largest absolute Gasteiger partial charge is 0.351 e. The molecular weight excluding hydrogens is 708 g/mol. The Morgan fingerprint density at radius 2 is 0.818 bits per heavy atom. The van der Waals surface area contributed by atoms with Crippen molar-refractivity contribution in [2.75, 3.05) is 60.5 Å². The van der Waals surface area contributed by atoms with E-state index in [9.17, 15) is 28.8 Å². The summed E-state index contributed by atoms with van der Waals surface area (Å²) >= 11 is 0. The van der Waals surface area contributed by atoms with E-state index in [0.717, 1.165) is 13.0 Å². The number of hydrogen-bond acceptors (Lipinski definition) is 8. The summed E-state index contributed by atoms with van der Waals surface area (Å²) < 4.78 is 6.50. The van der Waals surface area contributed by atoms with Crippen molar-refractivity contribution in [1.82, 2.24) is 33.8 Å². The Balaban J connectivity index is 1.20. The summed E-state index contributed by atoms with van der Waals surface area (Å²) in [6.45, 7) is 6.41. The van der Waals surface area contributed by atoms with Gasteiger partial charge in [-0.25, -0.2) is 0 Å². The topological polar surface area (TPSA) is 224 Å². The molecule has 18 heteroatoms. The Kier molecular flexibility index (Phi) is 14.6. The quantitative estimate of drug-likeness (QED) is 0.0699. The predicted molar refractivity (Wildman–Crippen MR) is 210 cm³/mol. The number of nitrogens with zero attached hydrogens (tertiary/aromatic N) is 5. The smallest absolute Gasteiger partial charge is 0.272 e. The summed E-state index contributed by atoms with van der Waals surface area (Å²) in [5.74, 6) is -1.79. The molecule has 6 amide bonds. The van der Waals surface area contributed by atoms with Gasteiger partial charge >= 0.3 is 0 Å². The number of aryl methyl sites for hydroxylation is 4. The number of nitrogens with two attached hydrogens (primary N) is 1. The highest BCUT2D eigenvalue weighted by Gasteiger charge is 2.19. The molecule has 4 aromatic heterocycles. The van der Waals surface area contributed by atoms with Crippen molar-refractivity contribution in [2.45, 2.75) is 33.1 Å². The number of anilines is 4. The van der Waals surface area contributed by atoms with Crippen LogP contribution in [0, 0.1) is 0 Å². The number of carbonyl (C=O) groups excluding carboxylic acids is 6. The molecule has 0 bridgehead atoms. The zero-order valence-electron chi connectivity index (χ0n) is 32.2. The summed E-state index contributed by atoms with van der Waals surface area (Å²) in [5, 5.41) is 16.8. The maximum atomic E-state index is 13.0. The average Bonchev–Trinajstić information content (AvgIpc) is 3.87. The third kappa shape index (κ3) is 11.9. The molecule has 0 saturated carbocycles. The second-order valence-electron chi connectivity index (χ2n) is 13.4. The van der Waals surface area contributed by atoms with Crippen LogP contribution in [0.2, 0.25) is 0 Å². The molecule has 296 valence electrons. The zero-order chi connectivity index (χ0) is 40.2. The maximum absolute atomic E-state index is 13.0. The van der Waals surface area contributed by atoms with Gasteiger partial charge in [0.05, 0.1) is 22.7 Å². The fourth-order valence-electron chi connectivity index (χ4n) is 6.07. The van der Waals surface area contributed by atoms with E-state index in [1.807, 2.05) is 0 Å². The maximum Gasteiger partial charge on any atom is 0.272 e. The van der Waals surface area contributed by atoms with Gasteiger partial charge in [0.1, 0.15) is 22.8 Å². The van der Waals surface area contributed by atoms with Crippen molar-refractivity contribution >= 4 is 58.2 Å². The standard InChI is InChI=1S/C37H52N12O6/c1-24(50)41-26-16-32(47(5)20-26)36(54)43-28-18-30(45(3)22-28)34(52)39-11-8-14-49(13-7-10-38)15-9-12-40-35(53)31-19-29(23-46(31)4)44-37(55)33-17-27(21-48(33)6)42-25(2)51/h16-23H,7-15,38H2,1-6H3,(H,39,52)(H,40,53)(H,41,50)(H,42,51)(H,43,54)(H,44,55). The molecule has 0 aliphatic rings. The summed E-state index contributed by atoms with van der Waals surface area (Å²) in [4.78, 5) is 76.7. The van der Waals surface area contributed by atoms with Gasteiger partial charge in [-0.05, 0) is 69.7 Å². The molecule has 4 aromatic rings. The summed E-state index contributed by atoms with van der Waals surface area (Å²) in [6.07, 6.45) is 8.79. The van der Waals surface area contributed by atoms with Crippen LogP contribution in [0.5, 0.6) is 0 Å². The van der Waals surface area contributed by atoms with E-state index < -0.39 is 0 Å². The van der Waals surface area contributed by atoms with Crippen molar-refractivity contribution < 1.29 is 28.8 Å². The predicted octanol–water partition coefficient (Wildman–Crippen LogP) is 2.05. The van der Waals surface area contributed by atoms with Gasteiger partial charge in [0, 0.05) is 79.9 Å². The molecule has 8 N–H and O–H groups in total. The van der Waals surface area contributed by atoms with Crippen LogP contribution in [0.4, 0.5) is 22.7 Å². The van der Waals surface area contributed by atoms with Crippen LogP contribution in [0.15, 0.2) is 49.1 Å². The van der Waals surface area contributed by atoms with E-state index in [1.165, 1.54) is 13.8 Å². The molecule has 18 nitrogen and oxygen atoms in total. The SMILES string of the molecule is CC(=O)Nc1cc(C(=O)Nc2cc(C(=O)NCCCN(CCCN)CCCNC(=O)c3cc(NC(=O)c4cc(NC(C)=O)cn4C)cn3C)n(C)c2)n(C)c1. The molecule has 0 aliphatic heterocycles. The van der Waals surface area contributed by atoms with Gasteiger partial charge < -0.3 is 60.8 Å². The summed E-state index contributed by atoms with van der Waals surface area (Å²) in [5.41, 5.74) is 9.18. The minimum absolute atomic E-state index is 0.239. The second kappa shape index (κ2) is 19.3. The lowest BCUT2D eigenvalue weighted by Gasteiger charge is -2.22. The van der Waals surface area contributed by atoms with Crippen molar-refractivity contribution in [3.63, 3.8) is 0 Å². The molecule has 0 fully saturated rings. The number of aromatic nitrogens is 4. The molecule has 0 unspecified atom stereocenters. The molecular formula is C37H52N12O6. The molecule has 4 rings (SSSR count). The van der Waals surface area contributed by atoms with E-state index in [0.29, 0.717) is 91.1 Å². The number of carbonyl (C=O) groups is 6. The first kappa shape index (κ1) is 41.6. The number of rotatable bonds is 19. The Labute approximate surface area is 319 Å².